The minimum absolute atomic E-state index is 0.115. The molecule has 0 saturated carbocycles. The Morgan fingerprint density at radius 3 is 2.32 bits per heavy atom. The summed E-state index contributed by atoms with van der Waals surface area (Å²) in [6, 6.07) is 6.45. The Labute approximate surface area is 114 Å². The summed E-state index contributed by atoms with van der Waals surface area (Å²) in [4.78, 5) is 11.6. The quantitative estimate of drug-likeness (QED) is 0.804. The molecule has 1 rings (SSSR count). The van der Waals surface area contributed by atoms with E-state index < -0.39 is 10.0 Å². The molecule has 6 heteroatoms. The van der Waals surface area contributed by atoms with Crippen molar-refractivity contribution in [2.24, 2.45) is 0 Å². The summed E-state index contributed by atoms with van der Waals surface area (Å²) in [5.41, 5.74) is 0.899. The average molecular weight is 285 g/mol. The van der Waals surface area contributed by atoms with Gasteiger partial charge in [-0.05, 0) is 45.0 Å². The van der Waals surface area contributed by atoms with Crippen LogP contribution in [0.2, 0.25) is 0 Å². The number of nitrogens with one attached hydrogen (secondary N) is 1. The third kappa shape index (κ3) is 5.00. The summed E-state index contributed by atoms with van der Waals surface area (Å²) in [5, 5.41) is 0. The Bertz CT molecular complexity index is 520. The molecule has 0 aliphatic rings. The van der Waals surface area contributed by atoms with Gasteiger partial charge in [0, 0.05) is 6.42 Å². The molecular weight excluding hydrogens is 266 g/mol. The molecule has 0 heterocycles. The van der Waals surface area contributed by atoms with Gasteiger partial charge in [-0.3, -0.25) is 4.79 Å². The molecule has 0 radical (unpaired) electrons. The molecule has 0 unspecified atom stereocenters. The maximum absolute atomic E-state index is 11.5. The van der Waals surface area contributed by atoms with Crippen LogP contribution in [0.3, 0.4) is 0 Å². The van der Waals surface area contributed by atoms with Crippen molar-refractivity contribution in [2.75, 3.05) is 7.05 Å². The van der Waals surface area contributed by atoms with Gasteiger partial charge in [0.1, 0.15) is 0 Å². The summed E-state index contributed by atoms with van der Waals surface area (Å²) in [5.74, 6) is -0.248. The lowest BCUT2D eigenvalue weighted by Gasteiger charge is -2.08. The summed E-state index contributed by atoms with van der Waals surface area (Å²) in [7, 11) is -2.04. The molecule has 1 aromatic carbocycles. The van der Waals surface area contributed by atoms with Gasteiger partial charge in [0.05, 0.1) is 11.0 Å². The molecule has 106 valence electrons. The predicted octanol–water partition coefficient (Wildman–Crippen LogP) is 1.48. The van der Waals surface area contributed by atoms with Gasteiger partial charge >= 0.3 is 5.97 Å². The van der Waals surface area contributed by atoms with E-state index in [-0.39, 0.29) is 23.4 Å². The first-order chi connectivity index (χ1) is 8.85. The third-order valence-corrected chi connectivity index (χ3v) is 3.92. The fourth-order valence-corrected chi connectivity index (χ4v) is 2.25. The van der Waals surface area contributed by atoms with Crippen molar-refractivity contribution in [1.29, 1.82) is 0 Å². The van der Waals surface area contributed by atoms with Crippen molar-refractivity contribution < 1.29 is 17.9 Å². The van der Waals surface area contributed by atoms with Crippen LogP contribution in [0.5, 0.6) is 0 Å². The number of carbonyl (C=O) groups excluding carboxylic acids is 1. The molecule has 0 fully saturated rings. The number of hydrogen-bond donors (Lipinski definition) is 1. The molecule has 19 heavy (non-hydrogen) atoms. The third-order valence-electron chi connectivity index (χ3n) is 2.49. The summed E-state index contributed by atoms with van der Waals surface area (Å²) >= 11 is 0. The number of rotatable bonds is 6. The topological polar surface area (TPSA) is 72.5 Å². The number of sulfonamides is 1. The highest BCUT2D eigenvalue weighted by molar-refractivity contribution is 7.89. The second kappa shape index (κ2) is 6.68. The molecular formula is C13H19NO4S. The van der Waals surface area contributed by atoms with E-state index in [0.29, 0.717) is 6.42 Å². The zero-order valence-corrected chi connectivity index (χ0v) is 12.2. The van der Waals surface area contributed by atoms with Gasteiger partial charge in [0.2, 0.25) is 10.0 Å². The molecule has 0 aliphatic carbocycles. The summed E-state index contributed by atoms with van der Waals surface area (Å²) in [6.45, 7) is 3.60. The number of hydrogen-bond acceptors (Lipinski definition) is 4. The normalized spacial score (nSPS) is 11.6. The minimum Gasteiger partial charge on any atom is -0.463 e. The van der Waals surface area contributed by atoms with E-state index in [0.717, 1.165) is 5.56 Å². The fraction of sp³-hybridized carbons (Fsp3) is 0.462. The molecule has 0 aliphatic heterocycles. The lowest BCUT2D eigenvalue weighted by molar-refractivity contribution is -0.147. The first-order valence-corrected chi connectivity index (χ1v) is 7.55. The fourth-order valence-electron chi connectivity index (χ4n) is 1.52. The minimum atomic E-state index is -3.40. The molecule has 0 bridgehead atoms. The van der Waals surface area contributed by atoms with Gasteiger partial charge in [0.15, 0.2) is 0 Å². The monoisotopic (exact) mass is 285 g/mol. The van der Waals surface area contributed by atoms with Gasteiger partial charge in [-0.15, -0.1) is 0 Å². The predicted molar refractivity (Wildman–Crippen MR) is 72.2 cm³/mol. The number of carbonyl (C=O) groups is 1. The van der Waals surface area contributed by atoms with Crippen LogP contribution in [0.4, 0.5) is 0 Å². The van der Waals surface area contributed by atoms with Gasteiger partial charge in [-0.25, -0.2) is 13.1 Å². The van der Waals surface area contributed by atoms with E-state index in [1.165, 1.54) is 19.2 Å². The standard InChI is InChI=1S/C13H19NO4S/c1-10(2)18-13(15)9-6-11-4-7-12(8-5-11)19(16,17)14-3/h4-5,7-8,10,14H,6,9H2,1-3H3. The van der Waals surface area contributed by atoms with Crippen molar-refractivity contribution in [3.63, 3.8) is 0 Å². The number of aryl methyl sites for hydroxylation is 1. The Morgan fingerprint density at radius 1 is 1.26 bits per heavy atom. The number of benzene rings is 1. The van der Waals surface area contributed by atoms with E-state index in [1.54, 1.807) is 26.0 Å². The maximum atomic E-state index is 11.5. The molecule has 1 N–H and O–H groups in total. The molecule has 0 spiro atoms. The molecule has 0 atom stereocenters. The van der Waals surface area contributed by atoms with E-state index in [1.807, 2.05) is 0 Å². The zero-order chi connectivity index (χ0) is 14.5. The van der Waals surface area contributed by atoms with E-state index in [4.69, 9.17) is 4.74 Å². The lowest BCUT2D eigenvalue weighted by atomic mass is 10.1. The van der Waals surface area contributed by atoms with Gasteiger partial charge in [0.25, 0.3) is 0 Å². The van der Waals surface area contributed by atoms with Crippen LogP contribution in [-0.4, -0.2) is 27.5 Å². The van der Waals surface area contributed by atoms with Crippen LogP contribution in [-0.2, 0) is 26.0 Å². The van der Waals surface area contributed by atoms with Crippen LogP contribution < -0.4 is 4.72 Å². The van der Waals surface area contributed by atoms with Crippen LogP contribution in [0, 0.1) is 0 Å². The first kappa shape index (κ1) is 15.7. The highest BCUT2D eigenvalue weighted by atomic mass is 32.2. The van der Waals surface area contributed by atoms with Crippen molar-refractivity contribution in [3.8, 4) is 0 Å². The van der Waals surface area contributed by atoms with Crippen LogP contribution in [0.25, 0.3) is 0 Å². The SMILES string of the molecule is CNS(=O)(=O)c1ccc(CCC(=O)OC(C)C)cc1. The van der Waals surface area contributed by atoms with Crippen LogP contribution in [0.1, 0.15) is 25.8 Å². The molecule has 0 amide bonds. The second-order valence-corrected chi connectivity index (χ2v) is 6.28. The average Bonchev–Trinajstić information content (AvgIpc) is 2.36. The van der Waals surface area contributed by atoms with Crippen molar-refractivity contribution in [2.45, 2.75) is 37.7 Å². The zero-order valence-electron chi connectivity index (χ0n) is 11.3. The van der Waals surface area contributed by atoms with Gasteiger partial charge < -0.3 is 4.74 Å². The lowest BCUT2D eigenvalue weighted by Crippen LogP contribution is -2.18. The van der Waals surface area contributed by atoms with Crippen molar-refractivity contribution in [1.82, 2.24) is 4.72 Å². The Morgan fingerprint density at radius 2 is 1.84 bits per heavy atom. The maximum Gasteiger partial charge on any atom is 0.306 e. The van der Waals surface area contributed by atoms with Crippen LogP contribution >= 0.6 is 0 Å². The highest BCUT2D eigenvalue weighted by Gasteiger charge is 2.11. The van der Waals surface area contributed by atoms with Crippen LogP contribution in [0.15, 0.2) is 29.2 Å². The van der Waals surface area contributed by atoms with Gasteiger partial charge in [-0.1, -0.05) is 12.1 Å². The van der Waals surface area contributed by atoms with E-state index >= 15 is 0 Å². The van der Waals surface area contributed by atoms with Crippen molar-refractivity contribution >= 4 is 16.0 Å². The Balaban J connectivity index is 2.61. The Kier molecular flexibility index (Phi) is 5.50. The highest BCUT2D eigenvalue weighted by Crippen LogP contribution is 2.11. The summed E-state index contributed by atoms with van der Waals surface area (Å²) < 4.78 is 30.3. The smallest absolute Gasteiger partial charge is 0.306 e. The Hall–Kier alpha value is -1.40. The molecule has 0 saturated heterocycles. The van der Waals surface area contributed by atoms with Crippen molar-refractivity contribution in [3.05, 3.63) is 29.8 Å². The number of ether oxygens (including phenoxy) is 1. The number of esters is 1. The van der Waals surface area contributed by atoms with E-state index in [9.17, 15) is 13.2 Å². The first-order valence-electron chi connectivity index (χ1n) is 6.07. The largest absolute Gasteiger partial charge is 0.463 e. The van der Waals surface area contributed by atoms with Gasteiger partial charge in [-0.2, -0.15) is 0 Å². The molecule has 5 nitrogen and oxygen atoms in total. The molecule has 1 aromatic rings. The van der Waals surface area contributed by atoms with E-state index in [2.05, 4.69) is 4.72 Å². The second-order valence-electron chi connectivity index (χ2n) is 4.39. The molecule has 0 aromatic heterocycles. The summed E-state index contributed by atoms with van der Waals surface area (Å²) in [6.07, 6.45) is 0.706.